The van der Waals surface area contributed by atoms with Gasteiger partial charge in [-0.1, -0.05) is 18.7 Å². The van der Waals surface area contributed by atoms with Gasteiger partial charge in [-0.15, -0.1) is 0 Å². The van der Waals surface area contributed by atoms with Crippen LogP contribution in [0.4, 0.5) is 0 Å². The number of carbonyl (C=O) groups excluding carboxylic acids is 3. The fourth-order valence-corrected chi connectivity index (χ4v) is 1.22. The molecule has 20 heavy (non-hydrogen) atoms. The summed E-state index contributed by atoms with van der Waals surface area (Å²) in [4.78, 5) is 32.9. The second kappa shape index (κ2) is 8.77. The quantitative estimate of drug-likeness (QED) is 0.312. The van der Waals surface area contributed by atoms with E-state index in [1.807, 2.05) is 5.32 Å². The lowest BCUT2D eigenvalue weighted by Gasteiger charge is -1.98. The lowest BCUT2D eigenvalue weighted by molar-refractivity contribution is -0.125. The van der Waals surface area contributed by atoms with Gasteiger partial charge in [0.15, 0.2) is 0 Å². The van der Waals surface area contributed by atoms with E-state index < -0.39 is 33.6 Å². The third kappa shape index (κ3) is 10.9. The average Bonchev–Trinajstić information content (AvgIpc) is 2.33. The van der Waals surface area contributed by atoms with Crippen molar-refractivity contribution >= 4 is 27.8 Å². The molecule has 0 rings (SSSR count). The second-order valence-corrected chi connectivity index (χ2v) is 4.93. The van der Waals surface area contributed by atoms with Gasteiger partial charge in [-0.05, 0) is 6.08 Å². The first-order chi connectivity index (χ1) is 9.24. The highest BCUT2D eigenvalue weighted by molar-refractivity contribution is 7.85. The van der Waals surface area contributed by atoms with E-state index in [9.17, 15) is 22.8 Å². The Morgan fingerprint density at radius 1 is 1.05 bits per heavy atom. The van der Waals surface area contributed by atoms with Crippen LogP contribution in [0.25, 0.3) is 0 Å². The van der Waals surface area contributed by atoms with Crippen LogP contribution in [0.1, 0.15) is 0 Å². The molecule has 0 saturated heterocycles. The predicted octanol–water partition coefficient (Wildman–Crippen LogP) is -1.07. The van der Waals surface area contributed by atoms with Gasteiger partial charge >= 0.3 is 0 Å². The Hall–Kier alpha value is -2.26. The molecule has 9 heteroatoms. The Balaban J connectivity index is 4.05. The third-order valence-corrected chi connectivity index (χ3v) is 2.42. The Morgan fingerprint density at radius 2 is 1.60 bits per heavy atom. The summed E-state index contributed by atoms with van der Waals surface area (Å²) in [5, 5.41) is 4.16. The van der Waals surface area contributed by atoms with Crippen molar-refractivity contribution < 1.29 is 27.4 Å². The van der Waals surface area contributed by atoms with E-state index in [0.717, 1.165) is 18.2 Å². The Morgan fingerprint density at radius 3 is 2.10 bits per heavy atom. The van der Waals surface area contributed by atoms with Gasteiger partial charge in [-0.2, -0.15) is 8.42 Å². The molecule has 0 saturated carbocycles. The zero-order valence-electron chi connectivity index (χ0n) is 10.4. The van der Waals surface area contributed by atoms with Crippen molar-refractivity contribution in [2.45, 2.75) is 0 Å². The highest BCUT2D eigenvalue weighted by Gasteiger charge is 2.04. The Bertz CT molecular complexity index is 547. The van der Waals surface area contributed by atoms with Gasteiger partial charge in [0.2, 0.25) is 11.8 Å². The van der Waals surface area contributed by atoms with Crippen LogP contribution in [0.15, 0.2) is 37.0 Å². The summed E-state index contributed by atoms with van der Waals surface area (Å²) in [5.41, 5.74) is 0. The molecule has 0 aromatic heterocycles. The van der Waals surface area contributed by atoms with Crippen molar-refractivity contribution in [1.29, 1.82) is 0 Å². The number of carbonyl (C=O) groups is 3. The minimum Gasteiger partial charge on any atom is -0.351 e. The number of amides is 3. The first-order valence-electron chi connectivity index (χ1n) is 5.29. The Labute approximate surface area is 116 Å². The van der Waals surface area contributed by atoms with Crippen LogP contribution in [0.2, 0.25) is 0 Å². The summed E-state index contributed by atoms with van der Waals surface area (Å²) in [6, 6.07) is 0. The number of imide groups is 1. The molecule has 0 spiro atoms. The first kappa shape index (κ1) is 17.7. The molecule has 0 aliphatic carbocycles. The Kier molecular flexibility index (Phi) is 7.78. The zero-order valence-corrected chi connectivity index (χ0v) is 11.2. The molecule has 0 aliphatic rings. The molecular weight excluding hydrogens is 288 g/mol. The molecule has 0 atom stereocenters. The van der Waals surface area contributed by atoms with E-state index in [0.29, 0.717) is 0 Å². The van der Waals surface area contributed by atoms with E-state index in [1.54, 1.807) is 0 Å². The van der Waals surface area contributed by atoms with Crippen molar-refractivity contribution in [3.8, 4) is 0 Å². The maximum Gasteiger partial charge on any atom is 0.266 e. The largest absolute Gasteiger partial charge is 0.351 e. The van der Waals surface area contributed by atoms with Crippen LogP contribution >= 0.6 is 0 Å². The van der Waals surface area contributed by atoms with Gasteiger partial charge in [-0.3, -0.25) is 24.3 Å². The van der Waals surface area contributed by atoms with Crippen molar-refractivity contribution in [1.82, 2.24) is 10.6 Å². The van der Waals surface area contributed by atoms with Gasteiger partial charge in [0.05, 0.1) is 5.75 Å². The molecule has 3 N–H and O–H groups in total. The summed E-state index contributed by atoms with van der Waals surface area (Å²) in [6.45, 7) is 2.93. The van der Waals surface area contributed by atoms with Crippen LogP contribution in [0.5, 0.6) is 0 Å². The third-order valence-electron chi connectivity index (χ3n) is 1.70. The molecule has 0 aromatic carbocycles. The number of nitrogens with one attached hydrogen (secondary N) is 2. The lowest BCUT2D eigenvalue weighted by atomic mass is 10.4. The number of rotatable bonds is 7. The zero-order chi connectivity index (χ0) is 15.6. The van der Waals surface area contributed by atoms with Crippen molar-refractivity contribution in [3.05, 3.63) is 37.0 Å². The normalized spacial score (nSPS) is 11.4. The van der Waals surface area contributed by atoms with E-state index in [4.69, 9.17) is 4.55 Å². The molecule has 3 amide bonds. The topological polar surface area (TPSA) is 130 Å². The van der Waals surface area contributed by atoms with Crippen LogP contribution < -0.4 is 10.6 Å². The molecule has 0 bridgehead atoms. The molecule has 0 radical (unpaired) electrons. The van der Waals surface area contributed by atoms with Crippen molar-refractivity contribution in [3.63, 3.8) is 0 Å². The molecule has 0 heterocycles. The molecule has 0 unspecified atom stereocenters. The number of hydrogen-bond donors (Lipinski definition) is 3. The van der Waals surface area contributed by atoms with Crippen LogP contribution in [0.3, 0.4) is 0 Å². The van der Waals surface area contributed by atoms with Gasteiger partial charge in [-0.25, -0.2) is 0 Å². The minimum atomic E-state index is -4.12. The maximum absolute atomic E-state index is 11.1. The molecule has 0 aromatic rings. The van der Waals surface area contributed by atoms with Crippen LogP contribution in [-0.4, -0.2) is 43.0 Å². The minimum absolute atomic E-state index is 0.236. The summed E-state index contributed by atoms with van der Waals surface area (Å²) >= 11 is 0. The second-order valence-electron chi connectivity index (χ2n) is 3.35. The monoisotopic (exact) mass is 302 g/mol. The number of hydrogen-bond acceptors (Lipinski definition) is 5. The smallest absolute Gasteiger partial charge is 0.266 e. The van der Waals surface area contributed by atoms with Gasteiger partial charge in [0.1, 0.15) is 0 Å². The van der Waals surface area contributed by atoms with Gasteiger partial charge in [0.25, 0.3) is 16.0 Å². The lowest BCUT2D eigenvalue weighted by Crippen LogP contribution is -2.27. The highest BCUT2D eigenvalue weighted by atomic mass is 32.2. The van der Waals surface area contributed by atoms with E-state index in [2.05, 4.69) is 11.9 Å². The maximum atomic E-state index is 11.1. The summed E-state index contributed by atoms with van der Waals surface area (Å²) in [5.74, 6) is -2.51. The summed E-state index contributed by atoms with van der Waals surface area (Å²) in [6.07, 6.45) is 5.44. The summed E-state index contributed by atoms with van der Waals surface area (Å²) < 4.78 is 29.1. The van der Waals surface area contributed by atoms with Crippen LogP contribution in [-0.2, 0) is 24.5 Å². The van der Waals surface area contributed by atoms with E-state index in [1.165, 1.54) is 12.2 Å². The van der Waals surface area contributed by atoms with E-state index >= 15 is 0 Å². The van der Waals surface area contributed by atoms with Crippen molar-refractivity contribution in [2.24, 2.45) is 0 Å². The highest BCUT2D eigenvalue weighted by Crippen LogP contribution is 1.82. The van der Waals surface area contributed by atoms with Crippen LogP contribution in [0, 0.1) is 0 Å². The van der Waals surface area contributed by atoms with Crippen molar-refractivity contribution in [2.75, 3.05) is 12.3 Å². The molecular formula is C11H14N2O6S. The van der Waals surface area contributed by atoms with Gasteiger partial charge < -0.3 is 5.32 Å². The predicted molar refractivity (Wildman–Crippen MR) is 71.1 cm³/mol. The SMILES string of the molecule is C=CC(=O)NC(=O)C=CC=CC(=O)NCCS(=O)(=O)O. The number of allylic oxidation sites excluding steroid dienone is 2. The molecule has 0 fully saturated rings. The first-order valence-corrected chi connectivity index (χ1v) is 6.90. The van der Waals surface area contributed by atoms with Gasteiger partial charge in [0, 0.05) is 18.7 Å². The molecule has 8 nitrogen and oxygen atoms in total. The standard InChI is InChI=1S/C11H14N2O6S/c1-2-9(14)13-11(16)6-4-3-5-10(15)12-7-8-20(17,18)19/h2-6H,1,7-8H2,(H,12,15)(H,13,14,16)(H,17,18,19). The van der Waals surface area contributed by atoms with E-state index in [-0.39, 0.29) is 6.54 Å². The average molecular weight is 302 g/mol. The molecule has 110 valence electrons. The molecule has 0 aliphatic heterocycles. The summed E-state index contributed by atoms with van der Waals surface area (Å²) in [7, 11) is -4.12. The fraction of sp³-hybridized carbons (Fsp3) is 0.182. The fourth-order valence-electron chi connectivity index (χ4n) is 0.862.